The summed E-state index contributed by atoms with van der Waals surface area (Å²) in [5.74, 6) is 0.0509. The number of halogens is 1. The standard InChI is InChI=1S/C13H16BrNO3/c1-18-12-5-2-8(7-10(12)14)6-9-3-4-11(15-9)13(16)17/h2,5,7,9,11,15H,3-4,6H2,1H3,(H,16,17). The van der Waals surface area contributed by atoms with E-state index in [0.717, 1.165) is 23.1 Å². The fourth-order valence-corrected chi connectivity index (χ4v) is 2.88. The summed E-state index contributed by atoms with van der Waals surface area (Å²) in [6, 6.07) is 5.81. The lowest BCUT2D eigenvalue weighted by Gasteiger charge is -2.13. The highest BCUT2D eigenvalue weighted by atomic mass is 79.9. The molecule has 1 aliphatic heterocycles. The van der Waals surface area contributed by atoms with E-state index in [9.17, 15) is 4.79 Å². The van der Waals surface area contributed by atoms with Crippen LogP contribution in [0.2, 0.25) is 0 Å². The molecular weight excluding hydrogens is 298 g/mol. The van der Waals surface area contributed by atoms with Crippen LogP contribution in [0.25, 0.3) is 0 Å². The second kappa shape index (κ2) is 5.71. The molecule has 98 valence electrons. The van der Waals surface area contributed by atoms with E-state index < -0.39 is 12.0 Å². The minimum Gasteiger partial charge on any atom is -0.496 e. The zero-order chi connectivity index (χ0) is 13.1. The van der Waals surface area contributed by atoms with Gasteiger partial charge in [0.15, 0.2) is 0 Å². The highest BCUT2D eigenvalue weighted by molar-refractivity contribution is 9.10. The van der Waals surface area contributed by atoms with E-state index in [1.165, 1.54) is 5.56 Å². The maximum absolute atomic E-state index is 10.9. The molecule has 0 aliphatic carbocycles. The van der Waals surface area contributed by atoms with E-state index in [0.29, 0.717) is 6.42 Å². The third kappa shape index (κ3) is 3.03. The fourth-order valence-electron chi connectivity index (χ4n) is 2.30. The van der Waals surface area contributed by atoms with Gasteiger partial charge in [-0.05, 0) is 52.9 Å². The Morgan fingerprint density at radius 1 is 1.56 bits per heavy atom. The highest BCUT2D eigenvalue weighted by Gasteiger charge is 2.28. The minimum absolute atomic E-state index is 0.242. The van der Waals surface area contributed by atoms with E-state index in [-0.39, 0.29) is 6.04 Å². The maximum Gasteiger partial charge on any atom is 0.320 e. The second-order valence-electron chi connectivity index (χ2n) is 4.50. The van der Waals surface area contributed by atoms with Crippen LogP contribution in [0, 0.1) is 0 Å². The first-order chi connectivity index (χ1) is 8.60. The Kier molecular flexibility index (Phi) is 4.24. The zero-order valence-electron chi connectivity index (χ0n) is 10.1. The Morgan fingerprint density at radius 2 is 2.33 bits per heavy atom. The van der Waals surface area contributed by atoms with Crippen LogP contribution in [-0.2, 0) is 11.2 Å². The summed E-state index contributed by atoms with van der Waals surface area (Å²) in [7, 11) is 1.63. The molecule has 0 spiro atoms. The zero-order valence-corrected chi connectivity index (χ0v) is 11.7. The van der Waals surface area contributed by atoms with E-state index >= 15 is 0 Å². The summed E-state index contributed by atoms with van der Waals surface area (Å²) in [5.41, 5.74) is 1.17. The van der Waals surface area contributed by atoms with Crippen LogP contribution >= 0.6 is 15.9 Å². The summed E-state index contributed by atoms with van der Waals surface area (Å²) in [6.45, 7) is 0. The van der Waals surface area contributed by atoms with Crippen molar-refractivity contribution in [1.82, 2.24) is 5.32 Å². The van der Waals surface area contributed by atoms with Gasteiger partial charge in [0.2, 0.25) is 0 Å². The van der Waals surface area contributed by atoms with Crippen LogP contribution in [0.1, 0.15) is 18.4 Å². The van der Waals surface area contributed by atoms with E-state index in [1.54, 1.807) is 7.11 Å². The molecule has 0 bridgehead atoms. The van der Waals surface area contributed by atoms with Gasteiger partial charge < -0.3 is 15.2 Å². The van der Waals surface area contributed by atoms with Crippen molar-refractivity contribution in [3.05, 3.63) is 28.2 Å². The van der Waals surface area contributed by atoms with Gasteiger partial charge in [-0.3, -0.25) is 4.79 Å². The molecule has 1 heterocycles. The van der Waals surface area contributed by atoms with Gasteiger partial charge in [0.25, 0.3) is 0 Å². The molecule has 0 amide bonds. The Labute approximate surface area is 114 Å². The molecule has 2 N–H and O–H groups in total. The lowest BCUT2D eigenvalue weighted by atomic mass is 10.0. The average Bonchev–Trinajstić information content (AvgIpc) is 2.78. The molecule has 2 atom stereocenters. The molecule has 0 saturated carbocycles. The summed E-state index contributed by atoms with van der Waals surface area (Å²) < 4.78 is 6.10. The van der Waals surface area contributed by atoms with Gasteiger partial charge in [0, 0.05) is 6.04 Å². The normalized spacial score (nSPS) is 23.0. The van der Waals surface area contributed by atoms with Crippen molar-refractivity contribution in [2.75, 3.05) is 7.11 Å². The Morgan fingerprint density at radius 3 is 2.89 bits per heavy atom. The number of carbonyl (C=O) groups is 1. The number of benzene rings is 1. The smallest absolute Gasteiger partial charge is 0.320 e. The second-order valence-corrected chi connectivity index (χ2v) is 5.36. The van der Waals surface area contributed by atoms with Crippen LogP contribution in [0.5, 0.6) is 5.75 Å². The average molecular weight is 314 g/mol. The van der Waals surface area contributed by atoms with Gasteiger partial charge in [0.05, 0.1) is 11.6 Å². The van der Waals surface area contributed by atoms with E-state index in [2.05, 4.69) is 21.2 Å². The first-order valence-electron chi connectivity index (χ1n) is 5.91. The predicted molar refractivity (Wildman–Crippen MR) is 72.0 cm³/mol. The van der Waals surface area contributed by atoms with Gasteiger partial charge >= 0.3 is 5.97 Å². The monoisotopic (exact) mass is 313 g/mol. The third-order valence-electron chi connectivity index (χ3n) is 3.24. The van der Waals surface area contributed by atoms with Crippen LogP contribution in [-0.4, -0.2) is 30.3 Å². The first kappa shape index (κ1) is 13.4. The SMILES string of the molecule is COc1ccc(CC2CCC(C(=O)O)N2)cc1Br. The first-order valence-corrected chi connectivity index (χ1v) is 6.70. The van der Waals surface area contributed by atoms with Gasteiger partial charge in [-0.15, -0.1) is 0 Å². The number of hydrogen-bond acceptors (Lipinski definition) is 3. The fraction of sp³-hybridized carbons (Fsp3) is 0.462. The number of ether oxygens (including phenoxy) is 1. The molecule has 0 aromatic heterocycles. The minimum atomic E-state index is -0.756. The molecule has 1 aromatic carbocycles. The molecule has 2 unspecified atom stereocenters. The van der Waals surface area contributed by atoms with Gasteiger partial charge in [0.1, 0.15) is 11.8 Å². The lowest BCUT2D eigenvalue weighted by molar-refractivity contribution is -0.139. The molecule has 1 saturated heterocycles. The molecule has 1 aromatic rings. The maximum atomic E-state index is 10.9. The molecule has 5 heteroatoms. The number of carboxylic acid groups (broad SMARTS) is 1. The molecule has 18 heavy (non-hydrogen) atoms. The van der Waals surface area contributed by atoms with Crippen LogP contribution in [0.4, 0.5) is 0 Å². The van der Waals surface area contributed by atoms with Crippen LogP contribution in [0.3, 0.4) is 0 Å². The summed E-state index contributed by atoms with van der Waals surface area (Å²) in [4.78, 5) is 10.9. The molecule has 0 radical (unpaired) electrons. The van der Waals surface area contributed by atoms with Gasteiger partial charge in [-0.2, -0.15) is 0 Å². The van der Waals surface area contributed by atoms with Crippen molar-refractivity contribution in [1.29, 1.82) is 0 Å². The van der Waals surface area contributed by atoms with Crippen LogP contribution in [0.15, 0.2) is 22.7 Å². The quantitative estimate of drug-likeness (QED) is 0.894. The van der Waals surface area contributed by atoms with E-state index in [1.807, 2.05) is 18.2 Å². The van der Waals surface area contributed by atoms with Crippen LogP contribution < -0.4 is 10.1 Å². The highest BCUT2D eigenvalue weighted by Crippen LogP contribution is 2.27. The molecule has 4 nitrogen and oxygen atoms in total. The van der Waals surface area contributed by atoms with Crippen molar-refractivity contribution in [3.8, 4) is 5.75 Å². The third-order valence-corrected chi connectivity index (χ3v) is 3.86. The largest absolute Gasteiger partial charge is 0.496 e. The number of carboxylic acids is 1. The lowest BCUT2D eigenvalue weighted by Crippen LogP contribution is -2.36. The molecule has 1 aliphatic rings. The molecule has 1 fully saturated rings. The topological polar surface area (TPSA) is 58.6 Å². The van der Waals surface area contributed by atoms with Crippen molar-refractivity contribution in [2.24, 2.45) is 0 Å². The predicted octanol–water partition coefficient (Wildman–Crippen LogP) is 2.21. The summed E-state index contributed by atoms with van der Waals surface area (Å²) >= 11 is 3.45. The summed E-state index contributed by atoms with van der Waals surface area (Å²) in [5, 5.41) is 12.1. The number of rotatable bonds is 4. The summed E-state index contributed by atoms with van der Waals surface area (Å²) in [6.07, 6.45) is 2.45. The Bertz CT molecular complexity index is 450. The number of aliphatic carboxylic acids is 1. The number of nitrogens with one attached hydrogen (secondary N) is 1. The Balaban J connectivity index is 1.98. The van der Waals surface area contributed by atoms with Crippen molar-refractivity contribution >= 4 is 21.9 Å². The van der Waals surface area contributed by atoms with E-state index in [4.69, 9.17) is 9.84 Å². The van der Waals surface area contributed by atoms with Crippen molar-refractivity contribution < 1.29 is 14.6 Å². The van der Waals surface area contributed by atoms with Crippen molar-refractivity contribution in [2.45, 2.75) is 31.3 Å². The van der Waals surface area contributed by atoms with Crippen molar-refractivity contribution in [3.63, 3.8) is 0 Å². The molecule has 2 rings (SSSR count). The number of hydrogen-bond donors (Lipinski definition) is 2. The number of methoxy groups -OCH3 is 1. The van der Waals surface area contributed by atoms with Gasteiger partial charge in [-0.25, -0.2) is 0 Å². The Hall–Kier alpha value is -1.07. The van der Waals surface area contributed by atoms with Gasteiger partial charge in [-0.1, -0.05) is 6.07 Å². The molecular formula is C13H16BrNO3.